The van der Waals surface area contributed by atoms with Gasteiger partial charge in [0, 0.05) is 5.56 Å². The van der Waals surface area contributed by atoms with E-state index in [1.54, 1.807) is 50.6 Å². The first-order chi connectivity index (χ1) is 9.65. The Bertz CT molecular complexity index is 609. The van der Waals surface area contributed by atoms with Gasteiger partial charge in [0.25, 0.3) is 0 Å². The molecule has 0 atom stereocenters. The minimum Gasteiger partial charge on any atom is -0.493 e. The fourth-order valence-corrected chi connectivity index (χ4v) is 1.77. The van der Waals surface area contributed by atoms with Crippen LogP contribution in [0.5, 0.6) is 23.0 Å². The van der Waals surface area contributed by atoms with Crippen LogP contribution >= 0.6 is 0 Å². The lowest BCUT2D eigenvalue weighted by atomic mass is 10.2. The Balaban J connectivity index is 2.27. The number of amidine groups is 1. The van der Waals surface area contributed by atoms with Crippen molar-refractivity contribution in [2.45, 2.75) is 0 Å². The van der Waals surface area contributed by atoms with Gasteiger partial charge in [-0.15, -0.1) is 0 Å². The SMILES string of the molecule is COc1cccc(Oc2ccc(C(=N)N)cc2)c1OC. The summed E-state index contributed by atoms with van der Waals surface area (Å²) in [7, 11) is 3.13. The molecule has 104 valence electrons. The average molecular weight is 272 g/mol. The molecule has 0 saturated carbocycles. The molecule has 0 bridgehead atoms. The zero-order chi connectivity index (χ0) is 14.5. The van der Waals surface area contributed by atoms with Crippen molar-refractivity contribution in [2.75, 3.05) is 14.2 Å². The van der Waals surface area contributed by atoms with Gasteiger partial charge < -0.3 is 19.9 Å². The Morgan fingerprint density at radius 1 is 0.950 bits per heavy atom. The van der Waals surface area contributed by atoms with E-state index in [2.05, 4.69) is 0 Å². The summed E-state index contributed by atoms with van der Waals surface area (Å²) in [5, 5.41) is 7.34. The van der Waals surface area contributed by atoms with Crippen LogP contribution in [0, 0.1) is 5.41 Å². The molecule has 2 aromatic carbocycles. The molecule has 0 aromatic heterocycles. The van der Waals surface area contributed by atoms with E-state index in [0.29, 0.717) is 28.6 Å². The Hall–Kier alpha value is -2.69. The third-order valence-electron chi connectivity index (χ3n) is 2.76. The molecule has 0 saturated heterocycles. The van der Waals surface area contributed by atoms with Crippen LogP contribution in [-0.2, 0) is 0 Å². The predicted octanol–water partition coefficient (Wildman–Crippen LogP) is 2.78. The van der Waals surface area contributed by atoms with Crippen molar-refractivity contribution in [1.82, 2.24) is 0 Å². The van der Waals surface area contributed by atoms with Gasteiger partial charge in [-0.2, -0.15) is 0 Å². The number of benzene rings is 2. The molecule has 0 aliphatic rings. The number of nitrogen functional groups attached to an aromatic ring is 1. The quantitative estimate of drug-likeness (QED) is 0.648. The summed E-state index contributed by atoms with van der Waals surface area (Å²) >= 11 is 0. The molecular weight excluding hydrogens is 256 g/mol. The lowest BCUT2D eigenvalue weighted by molar-refractivity contribution is 0.336. The zero-order valence-corrected chi connectivity index (χ0v) is 11.3. The van der Waals surface area contributed by atoms with Crippen LogP contribution in [-0.4, -0.2) is 20.1 Å². The molecule has 5 heteroatoms. The van der Waals surface area contributed by atoms with Gasteiger partial charge in [0.05, 0.1) is 14.2 Å². The highest BCUT2D eigenvalue weighted by molar-refractivity contribution is 5.94. The summed E-state index contributed by atoms with van der Waals surface area (Å²) in [6, 6.07) is 12.4. The summed E-state index contributed by atoms with van der Waals surface area (Å²) in [4.78, 5) is 0. The van der Waals surface area contributed by atoms with E-state index in [-0.39, 0.29) is 5.84 Å². The minimum atomic E-state index is 0.0236. The van der Waals surface area contributed by atoms with Crippen molar-refractivity contribution in [3.63, 3.8) is 0 Å². The van der Waals surface area contributed by atoms with Gasteiger partial charge in [0.2, 0.25) is 5.75 Å². The van der Waals surface area contributed by atoms with E-state index in [1.165, 1.54) is 0 Å². The normalized spacial score (nSPS) is 9.90. The highest BCUT2D eigenvalue weighted by Gasteiger charge is 2.11. The maximum Gasteiger partial charge on any atom is 0.203 e. The average Bonchev–Trinajstić information content (AvgIpc) is 2.47. The monoisotopic (exact) mass is 272 g/mol. The summed E-state index contributed by atoms with van der Waals surface area (Å²) < 4.78 is 16.3. The standard InChI is InChI=1S/C15H16N2O3/c1-18-12-4-3-5-13(14(12)19-2)20-11-8-6-10(7-9-11)15(16)17/h3-9H,1-2H3,(H3,16,17). The van der Waals surface area contributed by atoms with Gasteiger partial charge in [-0.1, -0.05) is 6.07 Å². The van der Waals surface area contributed by atoms with E-state index in [1.807, 2.05) is 6.07 Å². The lowest BCUT2D eigenvalue weighted by Gasteiger charge is -2.13. The van der Waals surface area contributed by atoms with Crippen molar-refractivity contribution in [1.29, 1.82) is 5.41 Å². The second kappa shape index (κ2) is 5.97. The second-order valence-corrected chi connectivity index (χ2v) is 4.03. The van der Waals surface area contributed by atoms with Crippen molar-refractivity contribution in [2.24, 2.45) is 5.73 Å². The van der Waals surface area contributed by atoms with E-state index >= 15 is 0 Å². The predicted molar refractivity (Wildman–Crippen MR) is 77.1 cm³/mol. The number of methoxy groups -OCH3 is 2. The summed E-state index contributed by atoms with van der Waals surface area (Å²) in [6.07, 6.45) is 0. The second-order valence-electron chi connectivity index (χ2n) is 4.03. The van der Waals surface area contributed by atoms with Crippen LogP contribution in [0.4, 0.5) is 0 Å². The fourth-order valence-electron chi connectivity index (χ4n) is 1.77. The van der Waals surface area contributed by atoms with Gasteiger partial charge in [-0.25, -0.2) is 0 Å². The van der Waals surface area contributed by atoms with Crippen molar-refractivity contribution in [3.05, 3.63) is 48.0 Å². The number of hydrogen-bond acceptors (Lipinski definition) is 4. The first kappa shape index (κ1) is 13.7. The molecule has 0 fully saturated rings. The molecule has 2 aromatic rings. The molecule has 20 heavy (non-hydrogen) atoms. The first-order valence-corrected chi connectivity index (χ1v) is 5.99. The highest BCUT2D eigenvalue weighted by Crippen LogP contribution is 2.38. The van der Waals surface area contributed by atoms with Gasteiger partial charge in [-0.3, -0.25) is 5.41 Å². The number of nitrogens with two attached hydrogens (primary N) is 1. The van der Waals surface area contributed by atoms with E-state index in [4.69, 9.17) is 25.4 Å². The molecular formula is C15H16N2O3. The number of rotatable bonds is 5. The Morgan fingerprint density at radius 3 is 2.15 bits per heavy atom. The van der Waals surface area contributed by atoms with E-state index < -0.39 is 0 Å². The minimum absolute atomic E-state index is 0.0236. The Labute approximate surface area is 117 Å². The summed E-state index contributed by atoms with van der Waals surface area (Å²) in [5.74, 6) is 2.34. The van der Waals surface area contributed by atoms with Crippen LogP contribution in [0.1, 0.15) is 5.56 Å². The van der Waals surface area contributed by atoms with Crippen LogP contribution < -0.4 is 19.9 Å². The van der Waals surface area contributed by atoms with E-state index in [0.717, 1.165) is 0 Å². The fraction of sp³-hybridized carbons (Fsp3) is 0.133. The maximum absolute atomic E-state index is 7.34. The van der Waals surface area contributed by atoms with Crippen molar-refractivity contribution < 1.29 is 14.2 Å². The highest BCUT2D eigenvalue weighted by atomic mass is 16.5. The van der Waals surface area contributed by atoms with Crippen LogP contribution in [0.25, 0.3) is 0 Å². The molecule has 0 radical (unpaired) electrons. The van der Waals surface area contributed by atoms with Gasteiger partial charge >= 0.3 is 0 Å². The molecule has 3 N–H and O–H groups in total. The van der Waals surface area contributed by atoms with Gasteiger partial charge in [0.15, 0.2) is 11.5 Å². The van der Waals surface area contributed by atoms with Crippen LogP contribution in [0.2, 0.25) is 0 Å². The topological polar surface area (TPSA) is 77.6 Å². The molecule has 0 unspecified atom stereocenters. The molecule has 0 amide bonds. The molecule has 5 nitrogen and oxygen atoms in total. The first-order valence-electron chi connectivity index (χ1n) is 5.99. The van der Waals surface area contributed by atoms with Gasteiger partial charge in [0.1, 0.15) is 11.6 Å². The van der Waals surface area contributed by atoms with Crippen molar-refractivity contribution >= 4 is 5.84 Å². The summed E-state index contributed by atoms with van der Waals surface area (Å²) in [6.45, 7) is 0. The lowest BCUT2D eigenvalue weighted by Crippen LogP contribution is -2.10. The molecule has 0 spiro atoms. The third kappa shape index (κ3) is 2.83. The van der Waals surface area contributed by atoms with Crippen LogP contribution in [0.15, 0.2) is 42.5 Å². The molecule has 2 rings (SSSR count). The Morgan fingerprint density at radius 2 is 1.60 bits per heavy atom. The molecule has 0 aliphatic heterocycles. The van der Waals surface area contributed by atoms with Crippen molar-refractivity contribution in [3.8, 4) is 23.0 Å². The number of nitrogens with one attached hydrogen (secondary N) is 1. The largest absolute Gasteiger partial charge is 0.493 e. The molecule has 0 aliphatic carbocycles. The van der Waals surface area contributed by atoms with E-state index in [9.17, 15) is 0 Å². The smallest absolute Gasteiger partial charge is 0.203 e. The molecule has 0 heterocycles. The van der Waals surface area contributed by atoms with Crippen LogP contribution in [0.3, 0.4) is 0 Å². The van der Waals surface area contributed by atoms with Gasteiger partial charge in [-0.05, 0) is 36.4 Å². The number of hydrogen-bond donors (Lipinski definition) is 2. The zero-order valence-electron chi connectivity index (χ0n) is 11.3. The number of para-hydroxylation sites is 1. The number of ether oxygens (including phenoxy) is 3. The summed E-state index contributed by atoms with van der Waals surface area (Å²) in [5.41, 5.74) is 6.05. The maximum atomic E-state index is 7.34. The Kier molecular flexibility index (Phi) is 4.10. The third-order valence-corrected chi connectivity index (χ3v) is 2.76.